The van der Waals surface area contributed by atoms with Gasteiger partial charge < -0.3 is 5.32 Å². The van der Waals surface area contributed by atoms with Crippen LogP contribution in [0, 0.1) is 13.8 Å². The molecule has 4 heteroatoms. The maximum Gasteiger partial charge on any atom is 0.161 e. The Morgan fingerprint density at radius 1 is 1.26 bits per heavy atom. The maximum absolute atomic E-state index is 4.65. The van der Waals surface area contributed by atoms with Crippen molar-refractivity contribution in [3.05, 3.63) is 41.5 Å². The number of nitrogens with zero attached hydrogens (tertiary/aromatic N) is 3. The minimum atomic E-state index is 0.693. The van der Waals surface area contributed by atoms with Gasteiger partial charge in [0.25, 0.3) is 0 Å². The largest absolute Gasteiger partial charge is 0.308 e. The van der Waals surface area contributed by atoms with Gasteiger partial charge in [-0.3, -0.25) is 4.98 Å². The van der Waals surface area contributed by atoms with Crippen LogP contribution < -0.4 is 5.32 Å². The van der Waals surface area contributed by atoms with Crippen molar-refractivity contribution in [3.63, 3.8) is 0 Å². The molecule has 1 fully saturated rings. The summed E-state index contributed by atoms with van der Waals surface area (Å²) in [4.78, 5) is 13.3. The smallest absolute Gasteiger partial charge is 0.161 e. The lowest BCUT2D eigenvalue weighted by Crippen LogP contribution is -2.16. The Kier molecular flexibility index (Phi) is 3.25. The standard InChI is InChI=1S/C15H18N4/c1-10-5-6-16-9-14(10)15-18-11(2)7-13(19-15)8-17-12-3-4-12/h5-7,9,12,17H,3-4,8H2,1-2H3. The first kappa shape index (κ1) is 12.2. The van der Waals surface area contributed by atoms with E-state index >= 15 is 0 Å². The molecule has 1 saturated carbocycles. The van der Waals surface area contributed by atoms with Gasteiger partial charge in [0.1, 0.15) is 0 Å². The molecule has 2 heterocycles. The Balaban J connectivity index is 1.90. The van der Waals surface area contributed by atoms with Gasteiger partial charge in [0.2, 0.25) is 0 Å². The van der Waals surface area contributed by atoms with E-state index < -0.39 is 0 Å². The molecule has 1 aliphatic rings. The summed E-state index contributed by atoms with van der Waals surface area (Å²) in [7, 11) is 0. The van der Waals surface area contributed by atoms with Crippen molar-refractivity contribution in [1.82, 2.24) is 20.3 Å². The summed E-state index contributed by atoms with van der Waals surface area (Å²) in [5, 5.41) is 3.49. The van der Waals surface area contributed by atoms with Gasteiger partial charge in [-0.05, 0) is 44.4 Å². The summed E-state index contributed by atoms with van der Waals surface area (Å²) >= 11 is 0. The fourth-order valence-electron chi connectivity index (χ4n) is 2.08. The number of aromatic nitrogens is 3. The normalized spacial score (nSPS) is 14.6. The first-order valence-electron chi connectivity index (χ1n) is 6.71. The number of aryl methyl sites for hydroxylation is 2. The molecule has 0 atom stereocenters. The lowest BCUT2D eigenvalue weighted by Gasteiger charge is -2.08. The van der Waals surface area contributed by atoms with Crippen molar-refractivity contribution >= 4 is 0 Å². The first-order valence-corrected chi connectivity index (χ1v) is 6.71. The highest BCUT2D eigenvalue weighted by Gasteiger charge is 2.20. The Morgan fingerprint density at radius 2 is 2.11 bits per heavy atom. The zero-order valence-electron chi connectivity index (χ0n) is 11.3. The van der Waals surface area contributed by atoms with Gasteiger partial charge in [0.15, 0.2) is 5.82 Å². The number of nitrogens with one attached hydrogen (secondary N) is 1. The van der Waals surface area contributed by atoms with Gasteiger partial charge in [0.05, 0.1) is 5.69 Å². The quantitative estimate of drug-likeness (QED) is 0.910. The molecule has 19 heavy (non-hydrogen) atoms. The van der Waals surface area contributed by atoms with Crippen LogP contribution in [-0.2, 0) is 6.54 Å². The average Bonchev–Trinajstić information content (AvgIpc) is 3.20. The number of hydrogen-bond acceptors (Lipinski definition) is 4. The van der Waals surface area contributed by atoms with Crippen LogP contribution in [0.1, 0.15) is 29.8 Å². The SMILES string of the molecule is Cc1cc(CNC2CC2)nc(-c2cnccc2C)n1. The predicted molar refractivity (Wildman–Crippen MR) is 74.6 cm³/mol. The number of pyridine rings is 1. The van der Waals surface area contributed by atoms with Crippen LogP contribution in [0.2, 0.25) is 0 Å². The molecule has 3 rings (SSSR count). The molecule has 0 amide bonds. The lowest BCUT2D eigenvalue weighted by molar-refractivity contribution is 0.672. The van der Waals surface area contributed by atoms with E-state index in [0.29, 0.717) is 6.04 Å². The monoisotopic (exact) mass is 254 g/mol. The highest BCUT2D eigenvalue weighted by Crippen LogP contribution is 2.21. The van der Waals surface area contributed by atoms with Crippen LogP contribution in [0.25, 0.3) is 11.4 Å². The lowest BCUT2D eigenvalue weighted by atomic mass is 10.1. The molecule has 0 bridgehead atoms. The molecule has 1 N–H and O–H groups in total. The van der Waals surface area contributed by atoms with Gasteiger partial charge in [-0.2, -0.15) is 0 Å². The summed E-state index contributed by atoms with van der Waals surface area (Å²) in [6, 6.07) is 4.73. The molecule has 4 nitrogen and oxygen atoms in total. The second-order valence-corrected chi connectivity index (χ2v) is 5.17. The summed E-state index contributed by atoms with van der Waals surface area (Å²) in [5.41, 5.74) is 4.22. The molecule has 0 spiro atoms. The van der Waals surface area contributed by atoms with Crippen LogP contribution in [-0.4, -0.2) is 21.0 Å². The van der Waals surface area contributed by atoms with E-state index in [-0.39, 0.29) is 0 Å². The molecular weight excluding hydrogens is 236 g/mol. The van der Waals surface area contributed by atoms with Gasteiger partial charge in [-0.15, -0.1) is 0 Å². The van der Waals surface area contributed by atoms with Crippen LogP contribution in [0.15, 0.2) is 24.5 Å². The summed E-state index contributed by atoms with van der Waals surface area (Å²) in [6.07, 6.45) is 6.21. The summed E-state index contributed by atoms with van der Waals surface area (Å²) in [5.74, 6) is 0.776. The molecule has 0 aromatic carbocycles. The minimum absolute atomic E-state index is 0.693. The van der Waals surface area contributed by atoms with E-state index in [1.165, 1.54) is 12.8 Å². The van der Waals surface area contributed by atoms with Crippen molar-refractivity contribution in [2.24, 2.45) is 0 Å². The highest BCUT2D eigenvalue weighted by molar-refractivity contribution is 5.58. The zero-order chi connectivity index (χ0) is 13.2. The van der Waals surface area contributed by atoms with Gasteiger partial charge in [-0.25, -0.2) is 9.97 Å². The molecule has 98 valence electrons. The topological polar surface area (TPSA) is 50.7 Å². The summed E-state index contributed by atoms with van der Waals surface area (Å²) in [6.45, 7) is 4.89. The minimum Gasteiger partial charge on any atom is -0.308 e. The van der Waals surface area contributed by atoms with E-state index in [0.717, 1.165) is 34.9 Å². The van der Waals surface area contributed by atoms with Crippen molar-refractivity contribution in [2.45, 2.75) is 39.3 Å². The highest BCUT2D eigenvalue weighted by atomic mass is 15.0. The molecule has 0 aliphatic heterocycles. The molecule has 1 aliphatic carbocycles. The van der Waals surface area contributed by atoms with Gasteiger partial charge in [0, 0.05) is 36.2 Å². The Bertz CT molecular complexity index is 590. The second kappa shape index (κ2) is 5.05. The predicted octanol–water partition coefficient (Wildman–Crippen LogP) is 2.41. The van der Waals surface area contributed by atoms with Crippen LogP contribution in [0.4, 0.5) is 0 Å². The van der Waals surface area contributed by atoms with Crippen LogP contribution in [0.5, 0.6) is 0 Å². The van der Waals surface area contributed by atoms with E-state index in [1.54, 1.807) is 6.20 Å². The molecule has 2 aromatic heterocycles. The zero-order valence-corrected chi connectivity index (χ0v) is 11.3. The van der Waals surface area contributed by atoms with Crippen LogP contribution >= 0.6 is 0 Å². The first-order chi connectivity index (χ1) is 9.22. The molecule has 0 radical (unpaired) electrons. The number of rotatable bonds is 4. The Morgan fingerprint density at radius 3 is 2.84 bits per heavy atom. The van der Waals surface area contributed by atoms with Gasteiger partial charge in [-0.1, -0.05) is 0 Å². The second-order valence-electron chi connectivity index (χ2n) is 5.17. The third kappa shape index (κ3) is 2.96. The van der Waals surface area contributed by atoms with Crippen molar-refractivity contribution in [2.75, 3.05) is 0 Å². The summed E-state index contributed by atoms with van der Waals surface area (Å²) < 4.78 is 0. The van der Waals surface area contributed by atoms with Crippen LogP contribution in [0.3, 0.4) is 0 Å². The van der Waals surface area contributed by atoms with Crippen molar-refractivity contribution in [1.29, 1.82) is 0 Å². The molecule has 0 saturated heterocycles. The molecular formula is C15H18N4. The van der Waals surface area contributed by atoms with E-state index in [9.17, 15) is 0 Å². The molecule has 2 aromatic rings. The van der Waals surface area contributed by atoms with E-state index in [4.69, 9.17) is 0 Å². The Labute approximate surface area is 113 Å². The fraction of sp³-hybridized carbons (Fsp3) is 0.400. The third-order valence-corrected chi connectivity index (χ3v) is 3.34. The average molecular weight is 254 g/mol. The van der Waals surface area contributed by atoms with E-state index in [1.807, 2.05) is 25.3 Å². The van der Waals surface area contributed by atoms with E-state index in [2.05, 4.69) is 27.2 Å². The molecule has 0 unspecified atom stereocenters. The fourth-order valence-corrected chi connectivity index (χ4v) is 2.08. The third-order valence-electron chi connectivity index (χ3n) is 3.34. The van der Waals surface area contributed by atoms with Crippen molar-refractivity contribution < 1.29 is 0 Å². The number of hydrogen-bond donors (Lipinski definition) is 1. The van der Waals surface area contributed by atoms with Crippen molar-refractivity contribution in [3.8, 4) is 11.4 Å². The van der Waals surface area contributed by atoms with Gasteiger partial charge >= 0.3 is 0 Å². The maximum atomic E-state index is 4.65. The Hall–Kier alpha value is -1.81.